The molecule has 14 heteroatoms. The SMILES string of the molecule is COc1cc(NS(C)(=O)=O)ccc1NCC#Cc1cc2c(NC3CCS(=O)(=O)CC3)cccc2n1CC(F)(F)F. The van der Waals surface area contributed by atoms with Crippen LogP contribution in [0.25, 0.3) is 10.9 Å². The van der Waals surface area contributed by atoms with Crippen LogP contribution < -0.4 is 20.1 Å². The number of rotatable bonds is 8. The average molecular weight is 599 g/mol. The van der Waals surface area contributed by atoms with Gasteiger partial charge in [0.05, 0.1) is 54.0 Å². The van der Waals surface area contributed by atoms with Crippen LogP contribution in [0, 0.1) is 11.8 Å². The molecule has 1 aliphatic heterocycles. The van der Waals surface area contributed by atoms with Gasteiger partial charge in [-0.25, -0.2) is 16.8 Å². The number of nitrogens with zero attached hydrogens (tertiary/aromatic N) is 1. The number of aromatic nitrogens is 1. The molecule has 2 aromatic carbocycles. The Morgan fingerprint density at radius 1 is 1.10 bits per heavy atom. The second-order valence-electron chi connectivity index (χ2n) is 9.48. The van der Waals surface area contributed by atoms with E-state index < -0.39 is 32.6 Å². The number of methoxy groups -OCH3 is 1. The number of sulfone groups is 1. The molecule has 0 unspecified atom stereocenters. The number of nitrogens with one attached hydrogen (secondary N) is 3. The number of fused-ring (bicyclic) bond motifs is 1. The van der Waals surface area contributed by atoms with Crippen molar-refractivity contribution < 1.29 is 34.7 Å². The van der Waals surface area contributed by atoms with Crippen molar-refractivity contribution in [2.75, 3.05) is 46.8 Å². The minimum Gasteiger partial charge on any atom is -0.495 e. The number of hydrogen-bond donors (Lipinski definition) is 3. The quantitative estimate of drug-likeness (QED) is 0.335. The molecular weight excluding hydrogens is 569 g/mol. The van der Waals surface area contributed by atoms with Crippen LogP contribution in [0.3, 0.4) is 0 Å². The first kappa shape index (κ1) is 29.4. The fraction of sp³-hybridized carbons (Fsp3) is 0.385. The van der Waals surface area contributed by atoms with Crippen LogP contribution in [0.15, 0.2) is 42.5 Å². The summed E-state index contributed by atoms with van der Waals surface area (Å²) in [5.41, 5.74) is 1.99. The van der Waals surface area contributed by atoms with Gasteiger partial charge in [0.1, 0.15) is 22.1 Å². The maximum Gasteiger partial charge on any atom is 0.406 e. The first-order chi connectivity index (χ1) is 18.7. The van der Waals surface area contributed by atoms with Gasteiger partial charge in [-0.15, -0.1) is 0 Å². The third-order valence-corrected chi connectivity index (χ3v) is 8.61. The topological polar surface area (TPSA) is 119 Å². The normalized spacial score (nSPS) is 15.7. The second kappa shape index (κ2) is 11.5. The first-order valence-corrected chi connectivity index (χ1v) is 16.0. The average Bonchev–Trinajstić information content (AvgIpc) is 3.19. The molecule has 1 saturated heterocycles. The Balaban J connectivity index is 1.57. The van der Waals surface area contributed by atoms with E-state index in [1.807, 2.05) is 0 Å². The van der Waals surface area contributed by atoms with Crippen molar-refractivity contribution in [2.24, 2.45) is 0 Å². The number of sulfonamides is 1. The zero-order valence-electron chi connectivity index (χ0n) is 21.8. The van der Waals surface area contributed by atoms with Gasteiger partial charge in [0.2, 0.25) is 10.0 Å². The molecule has 0 saturated carbocycles. The van der Waals surface area contributed by atoms with E-state index >= 15 is 0 Å². The summed E-state index contributed by atoms with van der Waals surface area (Å²) < 4.78 is 95.7. The van der Waals surface area contributed by atoms with Crippen LogP contribution in [0.5, 0.6) is 5.75 Å². The molecule has 1 aromatic heterocycles. The first-order valence-electron chi connectivity index (χ1n) is 12.3. The summed E-state index contributed by atoms with van der Waals surface area (Å²) >= 11 is 0. The molecule has 2 heterocycles. The molecule has 0 atom stereocenters. The van der Waals surface area contributed by atoms with Crippen LogP contribution in [-0.4, -0.2) is 65.0 Å². The fourth-order valence-electron chi connectivity index (χ4n) is 4.51. The Kier molecular flexibility index (Phi) is 8.46. The number of anilines is 3. The van der Waals surface area contributed by atoms with Gasteiger partial charge in [-0.1, -0.05) is 12.0 Å². The Hall–Kier alpha value is -3.57. The van der Waals surface area contributed by atoms with Crippen LogP contribution in [0.4, 0.5) is 30.2 Å². The molecule has 9 nitrogen and oxygen atoms in total. The standard InChI is InChI=1S/C26H29F3N4O5S2/c1-38-25-15-19(32-39(2,34)35)8-9-23(25)30-12-4-5-20-16-21-22(31-18-10-13-40(36,37)14-11-18)6-3-7-24(21)33(20)17-26(27,28)29/h3,6-9,15-16,18,30-32H,10-14,17H2,1-2H3. The molecule has 3 N–H and O–H groups in total. The summed E-state index contributed by atoms with van der Waals surface area (Å²) in [5, 5.41) is 6.90. The van der Waals surface area contributed by atoms with E-state index in [-0.39, 0.29) is 29.8 Å². The van der Waals surface area contributed by atoms with E-state index in [1.165, 1.54) is 19.2 Å². The molecule has 40 heavy (non-hydrogen) atoms. The van der Waals surface area contributed by atoms with Crippen molar-refractivity contribution in [2.45, 2.75) is 31.6 Å². The van der Waals surface area contributed by atoms with Gasteiger partial charge in [0.15, 0.2) is 0 Å². The lowest BCUT2D eigenvalue weighted by Gasteiger charge is -2.24. The van der Waals surface area contributed by atoms with Crippen molar-refractivity contribution in [1.82, 2.24) is 4.57 Å². The molecule has 0 amide bonds. The summed E-state index contributed by atoms with van der Waals surface area (Å²) in [7, 11) is -5.10. The zero-order chi connectivity index (χ0) is 29.1. The van der Waals surface area contributed by atoms with Crippen molar-refractivity contribution in [3.63, 3.8) is 0 Å². The van der Waals surface area contributed by atoms with Crippen LogP contribution in [0.1, 0.15) is 18.5 Å². The number of ether oxygens (including phenoxy) is 1. The van der Waals surface area contributed by atoms with Crippen molar-refractivity contribution in [3.05, 3.63) is 48.2 Å². The van der Waals surface area contributed by atoms with Gasteiger partial charge in [-0.05, 0) is 49.1 Å². The molecule has 3 aromatic rings. The van der Waals surface area contributed by atoms with Crippen molar-refractivity contribution in [1.29, 1.82) is 0 Å². The van der Waals surface area contributed by atoms with E-state index in [4.69, 9.17) is 4.74 Å². The summed E-state index contributed by atoms with van der Waals surface area (Å²) in [6.07, 6.45) is -2.60. The molecule has 1 fully saturated rings. The van der Waals surface area contributed by atoms with Crippen molar-refractivity contribution >= 4 is 47.8 Å². The summed E-state index contributed by atoms with van der Waals surface area (Å²) in [6.45, 7) is -1.15. The zero-order valence-corrected chi connectivity index (χ0v) is 23.4. The molecule has 0 aliphatic carbocycles. The number of halogens is 3. The lowest BCUT2D eigenvalue weighted by atomic mass is 10.1. The lowest BCUT2D eigenvalue weighted by Crippen LogP contribution is -2.32. The highest BCUT2D eigenvalue weighted by Gasteiger charge is 2.30. The lowest BCUT2D eigenvalue weighted by molar-refractivity contribution is -0.140. The highest BCUT2D eigenvalue weighted by atomic mass is 32.2. The highest BCUT2D eigenvalue weighted by molar-refractivity contribution is 7.92. The fourth-order valence-corrected chi connectivity index (χ4v) is 6.55. The summed E-state index contributed by atoms with van der Waals surface area (Å²) in [4.78, 5) is 0. The van der Waals surface area contributed by atoms with Gasteiger partial charge < -0.3 is 19.9 Å². The van der Waals surface area contributed by atoms with Gasteiger partial charge in [-0.2, -0.15) is 13.2 Å². The Morgan fingerprint density at radius 3 is 2.48 bits per heavy atom. The molecule has 0 spiro atoms. The molecular formula is C26H29F3N4O5S2. The maximum atomic E-state index is 13.5. The molecule has 0 bridgehead atoms. The predicted octanol–water partition coefficient (Wildman–Crippen LogP) is 4.04. The van der Waals surface area contributed by atoms with Crippen LogP contribution in [-0.2, 0) is 26.4 Å². The van der Waals surface area contributed by atoms with E-state index in [0.29, 0.717) is 46.6 Å². The number of benzene rings is 2. The third kappa shape index (κ3) is 7.76. The molecule has 4 rings (SSSR count). The van der Waals surface area contributed by atoms with E-state index in [1.54, 1.807) is 30.3 Å². The summed E-state index contributed by atoms with van der Waals surface area (Å²) in [5.74, 6) is 6.17. The Morgan fingerprint density at radius 2 is 1.82 bits per heavy atom. The predicted molar refractivity (Wildman–Crippen MR) is 150 cm³/mol. The van der Waals surface area contributed by atoms with E-state index in [2.05, 4.69) is 27.2 Å². The maximum absolute atomic E-state index is 13.5. The smallest absolute Gasteiger partial charge is 0.406 e. The van der Waals surface area contributed by atoms with Gasteiger partial charge in [0.25, 0.3) is 0 Å². The van der Waals surface area contributed by atoms with Gasteiger partial charge in [-0.3, -0.25) is 4.72 Å². The minimum absolute atomic E-state index is 0.0706. The monoisotopic (exact) mass is 598 g/mol. The van der Waals surface area contributed by atoms with Crippen LogP contribution >= 0.6 is 0 Å². The van der Waals surface area contributed by atoms with E-state index in [9.17, 15) is 30.0 Å². The van der Waals surface area contributed by atoms with E-state index in [0.717, 1.165) is 10.8 Å². The Labute approximate surface area is 231 Å². The van der Waals surface area contributed by atoms with Crippen molar-refractivity contribution in [3.8, 4) is 17.6 Å². The Bertz CT molecular complexity index is 1660. The molecule has 216 valence electrons. The molecule has 1 aliphatic rings. The highest BCUT2D eigenvalue weighted by Crippen LogP contribution is 2.32. The van der Waals surface area contributed by atoms with Crippen LogP contribution in [0.2, 0.25) is 0 Å². The van der Waals surface area contributed by atoms with Gasteiger partial charge >= 0.3 is 6.18 Å². The molecule has 0 radical (unpaired) electrons. The number of alkyl halides is 3. The minimum atomic E-state index is -4.48. The summed E-state index contributed by atoms with van der Waals surface area (Å²) in [6, 6.07) is 11.1. The largest absolute Gasteiger partial charge is 0.495 e. The second-order valence-corrected chi connectivity index (χ2v) is 13.5. The number of hydrogen-bond acceptors (Lipinski definition) is 7. The van der Waals surface area contributed by atoms with Gasteiger partial charge in [0, 0.05) is 23.2 Å². The third-order valence-electron chi connectivity index (χ3n) is 6.29.